The first-order valence-corrected chi connectivity index (χ1v) is 4.22. The third-order valence-corrected chi connectivity index (χ3v) is 2.08. The maximum absolute atomic E-state index is 12.5. The van der Waals surface area contributed by atoms with Crippen molar-refractivity contribution in [3.05, 3.63) is 19.0 Å². The van der Waals surface area contributed by atoms with Gasteiger partial charge in [-0.15, -0.1) is 5.10 Å². The van der Waals surface area contributed by atoms with Gasteiger partial charge in [0.1, 0.15) is 5.70 Å². The van der Waals surface area contributed by atoms with Gasteiger partial charge in [0, 0.05) is 0 Å². The highest BCUT2D eigenvalue weighted by Crippen LogP contribution is 2.27. The van der Waals surface area contributed by atoms with Crippen LogP contribution in [0.5, 0.6) is 0 Å². The lowest BCUT2D eigenvalue weighted by atomic mass is 10.1. The van der Waals surface area contributed by atoms with Crippen LogP contribution in [-0.2, 0) is 4.79 Å². The summed E-state index contributed by atoms with van der Waals surface area (Å²) in [6.45, 7) is 2.36. The number of alkyl halides is 2. The van der Waals surface area contributed by atoms with Gasteiger partial charge in [0.05, 0.1) is 25.5 Å². The molecule has 1 aromatic rings. The summed E-state index contributed by atoms with van der Waals surface area (Å²) in [6.07, 6.45) is 2.81. The Morgan fingerprint density at radius 1 is 1.47 bits per heavy atom. The van der Waals surface area contributed by atoms with Crippen LogP contribution in [0.3, 0.4) is 0 Å². The average Bonchev–Trinajstić information content (AvgIpc) is 2.64. The Labute approximate surface area is 84.0 Å². The van der Waals surface area contributed by atoms with Crippen molar-refractivity contribution >= 4 is 11.6 Å². The molecule has 0 saturated carbocycles. The smallest absolute Gasteiger partial charge is 0.282 e. The molecule has 0 spiro atoms. The molecule has 1 saturated heterocycles. The second kappa shape index (κ2) is 3.11. The highest BCUT2D eigenvalue weighted by atomic mass is 19.3. The van der Waals surface area contributed by atoms with Crippen LogP contribution in [0.2, 0.25) is 0 Å². The Balaban J connectivity index is 2.02. The predicted octanol–water partition coefficient (Wildman–Crippen LogP) is 0.226. The Hall–Kier alpha value is -1.79. The van der Waals surface area contributed by atoms with Crippen LogP contribution < -0.4 is 0 Å². The van der Waals surface area contributed by atoms with Crippen molar-refractivity contribution in [3.8, 4) is 0 Å². The summed E-state index contributed by atoms with van der Waals surface area (Å²) in [5.41, 5.74) is 0.0167. The van der Waals surface area contributed by atoms with Crippen LogP contribution in [0.15, 0.2) is 19.0 Å². The lowest BCUT2D eigenvalue weighted by Gasteiger charge is -2.38. The van der Waals surface area contributed by atoms with Gasteiger partial charge in [0.15, 0.2) is 0 Å². The Kier molecular flexibility index (Phi) is 2.02. The summed E-state index contributed by atoms with van der Waals surface area (Å²) in [5, 5.41) is 7.04. The van der Waals surface area contributed by atoms with Gasteiger partial charge in [-0.2, -0.15) is 0 Å². The first-order chi connectivity index (χ1) is 6.99. The largest absolute Gasteiger partial charge is 0.325 e. The van der Waals surface area contributed by atoms with Crippen molar-refractivity contribution in [3.63, 3.8) is 0 Å². The molecule has 1 fully saturated rings. The molecule has 0 N–H and O–H groups in total. The maximum Gasteiger partial charge on any atom is 0.282 e. The highest BCUT2D eigenvalue weighted by Gasteiger charge is 2.46. The molecule has 0 unspecified atom stereocenters. The number of halogens is 2. The van der Waals surface area contributed by atoms with Crippen LogP contribution in [0.1, 0.15) is 0 Å². The van der Waals surface area contributed by atoms with Crippen molar-refractivity contribution in [2.75, 3.05) is 13.1 Å². The average molecular weight is 214 g/mol. The molecule has 1 aliphatic rings. The quantitative estimate of drug-likeness (QED) is 0.662. The number of carbonyl (C=O) groups excluding carboxylic acids is 1. The fourth-order valence-corrected chi connectivity index (χ4v) is 1.29. The first kappa shape index (κ1) is 9.75. The number of hydrogen-bond acceptors (Lipinski definition) is 3. The van der Waals surface area contributed by atoms with Gasteiger partial charge < -0.3 is 4.90 Å². The van der Waals surface area contributed by atoms with Crippen molar-refractivity contribution in [2.45, 2.75) is 5.92 Å². The van der Waals surface area contributed by atoms with Gasteiger partial charge in [-0.25, -0.2) is 13.5 Å². The molecule has 0 bridgehead atoms. The van der Waals surface area contributed by atoms with Crippen LogP contribution in [0.4, 0.5) is 8.78 Å². The number of carbonyl (C=O) groups is 1. The summed E-state index contributed by atoms with van der Waals surface area (Å²) < 4.78 is 26.1. The van der Waals surface area contributed by atoms with Gasteiger partial charge in [-0.05, 0) is 0 Å². The highest BCUT2D eigenvalue weighted by molar-refractivity contribution is 6.12. The molecule has 1 aliphatic heterocycles. The topological polar surface area (TPSA) is 51.0 Å². The summed E-state index contributed by atoms with van der Waals surface area (Å²) >= 11 is 0. The maximum atomic E-state index is 12.5. The molecule has 0 aromatic carbocycles. The molecule has 80 valence electrons. The summed E-state index contributed by atoms with van der Waals surface area (Å²) in [7, 11) is 0. The predicted molar refractivity (Wildman–Crippen MR) is 46.9 cm³/mol. The van der Waals surface area contributed by atoms with E-state index in [-0.39, 0.29) is 5.70 Å². The molecule has 15 heavy (non-hydrogen) atoms. The van der Waals surface area contributed by atoms with E-state index in [1.165, 1.54) is 12.4 Å². The molecule has 0 atom stereocenters. The molecule has 1 amide bonds. The lowest BCUT2D eigenvalue weighted by Crippen LogP contribution is -2.58. The molecule has 7 heteroatoms. The second-order valence-electron chi connectivity index (χ2n) is 3.31. The van der Waals surface area contributed by atoms with E-state index in [1.807, 2.05) is 0 Å². The number of rotatable bonds is 2. The number of aromatic nitrogens is 3. The van der Waals surface area contributed by atoms with E-state index in [4.69, 9.17) is 0 Å². The van der Waals surface area contributed by atoms with Gasteiger partial charge >= 0.3 is 0 Å². The SMILES string of the molecule is C=C(C(=O)N1CC(F)(F)C1)n1ccnn1. The monoisotopic (exact) mass is 214 g/mol. The third-order valence-electron chi connectivity index (χ3n) is 2.08. The minimum absolute atomic E-state index is 0.0167. The van der Waals surface area contributed by atoms with Crippen LogP contribution in [-0.4, -0.2) is 44.8 Å². The van der Waals surface area contributed by atoms with E-state index < -0.39 is 24.9 Å². The fraction of sp³-hybridized carbons (Fsp3) is 0.375. The molecule has 0 radical (unpaired) electrons. The van der Waals surface area contributed by atoms with Gasteiger partial charge in [-0.3, -0.25) is 4.79 Å². The van der Waals surface area contributed by atoms with Crippen molar-refractivity contribution < 1.29 is 13.6 Å². The van der Waals surface area contributed by atoms with E-state index in [1.54, 1.807) is 0 Å². The first-order valence-electron chi connectivity index (χ1n) is 4.22. The molecule has 0 aliphatic carbocycles. The fourth-order valence-electron chi connectivity index (χ4n) is 1.29. The van der Waals surface area contributed by atoms with E-state index in [2.05, 4.69) is 16.9 Å². The molecule has 1 aromatic heterocycles. The van der Waals surface area contributed by atoms with Crippen molar-refractivity contribution in [1.82, 2.24) is 19.9 Å². The second-order valence-corrected chi connectivity index (χ2v) is 3.31. The van der Waals surface area contributed by atoms with Gasteiger partial charge in [0.2, 0.25) is 0 Å². The number of hydrogen-bond donors (Lipinski definition) is 0. The van der Waals surface area contributed by atoms with Crippen LogP contribution in [0.25, 0.3) is 5.70 Å². The Bertz CT molecular complexity index is 393. The van der Waals surface area contributed by atoms with E-state index in [0.717, 1.165) is 9.58 Å². The van der Waals surface area contributed by atoms with Gasteiger partial charge in [-0.1, -0.05) is 11.8 Å². The van der Waals surface area contributed by atoms with Crippen LogP contribution in [0, 0.1) is 0 Å². The molecule has 2 rings (SSSR count). The number of likely N-dealkylation sites (tertiary alicyclic amines) is 1. The van der Waals surface area contributed by atoms with Crippen molar-refractivity contribution in [2.24, 2.45) is 0 Å². The Morgan fingerprint density at radius 3 is 2.60 bits per heavy atom. The minimum Gasteiger partial charge on any atom is -0.325 e. The third kappa shape index (κ3) is 1.72. The summed E-state index contributed by atoms with van der Waals surface area (Å²) in [4.78, 5) is 12.5. The zero-order valence-electron chi connectivity index (χ0n) is 7.73. The molecule has 2 heterocycles. The van der Waals surface area contributed by atoms with E-state index in [0.29, 0.717) is 0 Å². The number of amides is 1. The summed E-state index contributed by atoms with van der Waals surface area (Å²) in [5.74, 6) is -3.32. The van der Waals surface area contributed by atoms with Gasteiger partial charge in [0.25, 0.3) is 11.8 Å². The van der Waals surface area contributed by atoms with E-state index in [9.17, 15) is 13.6 Å². The molecule has 5 nitrogen and oxygen atoms in total. The van der Waals surface area contributed by atoms with E-state index >= 15 is 0 Å². The zero-order valence-corrected chi connectivity index (χ0v) is 7.73. The Morgan fingerprint density at radius 2 is 2.13 bits per heavy atom. The zero-order chi connectivity index (χ0) is 11.1. The van der Waals surface area contributed by atoms with Crippen molar-refractivity contribution in [1.29, 1.82) is 0 Å². The number of nitrogens with zero attached hydrogens (tertiary/aromatic N) is 4. The lowest BCUT2D eigenvalue weighted by molar-refractivity contribution is -0.160. The normalized spacial score (nSPS) is 18.4. The summed E-state index contributed by atoms with van der Waals surface area (Å²) in [6, 6.07) is 0. The molecular formula is C8H8F2N4O. The molecular weight excluding hydrogens is 206 g/mol. The standard InChI is InChI=1S/C8H8F2N4O/c1-6(14-3-2-11-12-14)7(15)13-4-8(9,10)5-13/h2-3H,1,4-5H2. The van der Waals surface area contributed by atoms with Crippen LogP contribution >= 0.6 is 0 Å². The minimum atomic E-state index is -2.77.